The van der Waals surface area contributed by atoms with Gasteiger partial charge >= 0.3 is 6.18 Å². The molecule has 5 heteroatoms. The van der Waals surface area contributed by atoms with Crippen LogP contribution in [-0.2, 0) is 6.18 Å². The van der Waals surface area contributed by atoms with E-state index >= 15 is 0 Å². The van der Waals surface area contributed by atoms with Crippen LogP contribution in [0.2, 0.25) is 0 Å². The van der Waals surface area contributed by atoms with Crippen LogP contribution >= 0.6 is 0 Å². The first-order valence-corrected chi connectivity index (χ1v) is 4.91. The summed E-state index contributed by atoms with van der Waals surface area (Å²) in [6, 6.07) is 4.60. The van der Waals surface area contributed by atoms with Crippen molar-refractivity contribution < 1.29 is 23.4 Å². The Labute approximate surface area is 91.3 Å². The van der Waals surface area contributed by atoms with Crippen LogP contribution in [0.25, 0.3) is 0 Å². The fourth-order valence-corrected chi connectivity index (χ4v) is 1.37. The number of aliphatic hydroxyl groups is 2. The minimum Gasteiger partial charge on any atom is -0.396 e. The van der Waals surface area contributed by atoms with Crippen molar-refractivity contribution in [3.63, 3.8) is 0 Å². The summed E-state index contributed by atoms with van der Waals surface area (Å²) in [5.41, 5.74) is -0.545. The van der Waals surface area contributed by atoms with Gasteiger partial charge in [-0.25, -0.2) is 0 Å². The Balaban J connectivity index is 2.82. The highest BCUT2D eigenvalue weighted by Crippen LogP contribution is 2.31. The molecule has 0 saturated heterocycles. The monoisotopic (exact) mass is 234 g/mol. The number of hydrogen-bond acceptors (Lipinski definition) is 2. The summed E-state index contributed by atoms with van der Waals surface area (Å²) in [5.74, 6) is 0. The van der Waals surface area contributed by atoms with Crippen LogP contribution < -0.4 is 0 Å². The Kier molecular flexibility index (Phi) is 4.32. The highest BCUT2D eigenvalue weighted by atomic mass is 19.4. The molecule has 1 atom stereocenters. The van der Waals surface area contributed by atoms with Crippen molar-refractivity contribution in [2.24, 2.45) is 0 Å². The number of alkyl halides is 3. The van der Waals surface area contributed by atoms with Gasteiger partial charge < -0.3 is 10.2 Å². The second-order valence-corrected chi connectivity index (χ2v) is 3.50. The molecule has 0 amide bonds. The molecule has 0 spiro atoms. The third-order valence-corrected chi connectivity index (χ3v) is 2.23. The molecule has 2 N–H and O–H groups in total. The molecule has 0 fully saturated rings. The first kappa shape index (κ1) is 13.0. The third kappa shape index (κ3) is 3.50. The number of hydrogen-bond donors (Lipinski definition) is 2. The summed E-state index contributed by atoms with van der Waals surface area (Å²) in [6.07, 6.45) is -4.75. The molecule has 0 aliphatic rings. The normalized spacial score (nSPS) is 13.8. The summed E-state index contributed by atoms with van der Waals surface area (Å²) >= 11 is 0. The average molecular weight is 234 g/mol. The molecule has 0 aliphatic carbocycles. The minimum absolute atomic E-state index is 0.0873. The minimum atomic E-state index is -4.40. The lowest BCUT2D eigenvalue weighted by Gasteiger charge is -2.13. The van der Waals surface area contributed by atoms with E-state index < -0.39 is 17.8 Å². The van der Waals surface area contributed by atoms with Crippen molar-refractivity contribution in [1.82, 2.24) is 0 Å². The third-order valence-electron chi connectivity index (χ3n) is 2.23. The van der Waals surface area contributed by atoms with E-state index in [1.165, 1.54) is 12.1 Å². The molecule has 0 aliphatic heterocycles. The van der Waals surface area contributed by atoms with E-state index in [0.717, 1.165) is 12.1 Å². The van der Waals surface area contributed by atoms with Crippen LogP contribution in [0.15, 0.2) is 24.3 Å². The molecule has 1 aromatic rings. The maximum atomic E-state index is 12.4. The Hall–Kier alpha value is -1.07. The van der Waals surface area contributed by atoms with Gasteiger partial charge in [0, 0.05) is 6.61 Å². The molecule has 0 bridgehead atoms. The first-order chi connectivity index (χ1) is 7.45. The lowest BCUT2D eigenvalue weighted by atomic mass is 10.0. The van der Waals surface area contributed by atoms with Gasteiger partial charge in [0.15, 0.2) is 0 Å². The van der Waals surface area contributed by atoms with Crippen LogP contribution in [0.3, 0.4) is 0 Å². The summed E-state index contributed by atoms with van der Waals surface area (Å²) < 4.78 is 37.1. The highest BCUT2D eigenvalue weighted by molar-refractivity contribution is 5.27. The number of rotatable bonds is 4. The second-order valence-electron chi connectivity index (χ2n) is 3.50. The Morgan fingerprint density at radius 2 is 1.94 bits per heavy atom. The smallest absolute Gasteiger partial charge is 0.396 e. The van der Waals surface area contributed by atoms with E-state index in [0.29, 0.717) is 6.42 Å². The fourth-order valence-electron chi connectivity index (χ4n) is 1.37. The lowest BCUT2D eigenvalue weighted by molar-refractivity contribution is -0.137. The van der Waals surface area contributed by atoms with Gasteiger partial charge in [0.25, 0.3) is 0 Å². The standard InChI is InChI=1S/C11H13F3O2/c12-11(13,14)9-4-1-3-8(7-9)10(16)5-2-6-15/h1,3-4,7,10,15-16H,2,5-6H2. The SMILES string of the molecule is OCCCC(O)c1cccc(C(F)(F)F)c1. The van der Waals surface area contributed by atoms with Crippen LogP contribution in [-0.4, -0.2) is 16.8 Å². The van der Waals surface area contributed by atoms with Gasteiger partial charge in [0.05, 0.1) is 11.7 Å². The van der Waals surface area contributed by atoms with E-state index in [4.69, 9.17) is 5.11 Å². The van der Waals surface area contributed by atoms with E-state index in [2.05, 4.69) is 0 Å². The summed E-state index contributed by atoms with van der Waals surface area (Å²) in [7, 11) is 0. The Bertz CT molecular complexity index is 336. The van der Waals surface area contributed by atoms with Crippen molar-refractivity contribution in [3.8, 4) is 0 Å². The molecule has 0 saturated carbocycles. The van der Waals surface area contributed by atoms with Crippen LogP contribution in [0.5, 0.6) is 0 Å². The zero-order valence-electron chi connectivity index (χ0n) is 8.54. The predicted octanol–water partition coefficient (Wildman–Crippen LogP) is 2.51. The Morgan fingerprint density at radius 3 is 2.50 bits per heavy atom. The van der Waals surface area contributed by atoms with Gasteiger partial charge in [0.1, 0.15) is 0 Å². The predicted molar refractivity (Wildman–Crippen MR) is 52.7 cm³/mol. The summed E-state index contributed by atoms with van der Waals surface area (Å²) in [4.78, 5) is 0. The zero-order valence-corrected chi connectivity index (χ0v) is 8.54. The number of halogens is 3. The van der Waals surface area contributed by atoms with E-state index in [1.54, 1.807) is 0 Å². The van der Waals surface area contributed by atoms with Crippen LogP contribution in [0.4, 0.5) is 13.2 Å². The molecule has 1 rings (SSSR count). The topological polar surface area (TPSA) is 40.5 Å². The lowest BCUT2D eigenvalue weighted by Crippen LogP contribution is -2.07. The molecule has 0 aromatic heterocycles. The number of benzene rings is 1. The molecule has 0 radical (unpaired) electrons. The summed E-state index contributed by atoms with van der Waals surface area (Å²) in [6.45, 7) is -0.0873. The molecule has 90 valence electrons. The second kappa shape index (κ2) is 5.32. The molecule has 2 nitrogen and oxygen atoms in total. The average Bonchev–Trinajstić information content (AvgIpc) is 2.25. The van der Waals surface area contributed by atoms with Crippen molar-refractivity contribution in [3.05, 3.63) is 35.4 Å². The Morgan fingerprint density at radius 1 is 1.25 bits per heavy atom. The largest absolute Gasteiger partial charge is 0.416 e. The van der Waals surface area contributed by atoms with Crippen molar-refractivity contribution in [2.75, 3.05) is 6.61 Å². The number of aliphatic hydroxyl groups excluding tert-OH is 2. The van der Waals surface area contributed by atoms with Gasteiger partial charge in [-0.1, -0.05) is 12.1 Å². The van der Waals surface area contributed by atoms with Crippen molar-refractivity contribution in [2.45, 2.75) is 25.1 Å². The summed E-state index contributed by atoms with van der Waals surface area (Å²) in [5, 5.41) is 18.1. The molecule has 0 heterocycles. The van der Waals surface area contributed by atoms with Crippen LogP contribution in [0, 0.1) is 0 Å². The maximum absolute atomic E-state index is 12.4. The van der Waals surface area contributed by atoms with Gasteiger partial charge in [-0.15, -0.1) is 0 Å². The molecular formula is C11H13F3O2. The van der Waals surface area contributed by atoms with E-state index in [-0.39, 0.29) is 18.6 Å². The van der Waals surface area contributed by atoms with E-state index in [1.807, 2.05) is 0 Å². The molecule has 16 heavy (non-hydrogen) atoms. The van der Waals surface area contributed by atoms with Crippen molar-refractivity contribution in [1.29, 1.82) is 0 Å². The first-order valence-electron chi connectivity index (χ1n) is 4.91. The van der Waals surface area contributed by atoms with Crippen molar-refractivity contribution >= 4 is 0 Å². The highest BCUT2D eigenvalue weighted by Gasteiger charge is 2.30. The zero-order chi connectivity index (χ0) is 12.2. The van der Waals surface area contributed by atoms with Gasteiger partial charge in [-0.3, -0.25) is 0 Å². The maximum Gasteiger partial charge on any atom is 0.416 e. The molecule has 1 unspecified atom stereocenters. The quantitative estimate of drug-likeness (QED) is 0.840. The fraction of sp³-hybridized carbons (Fsp3) is 0.455. The van der Waals surface area contributed by atoms with Crippen LogP contribution in [0.1, 0.15) is 30.1 Å². The van der Waals surface area contributed by atoms with Gasteiger partial charge in [-0.05, 0) is 30.5 Å². The molecular weight excluding hydrogens is 221 g/mol. The molecule has 1 aromatic carbocycles. The van der Waals surface area contributed by atoms with Gasteiger partial charge in [-0.2, -0.15) is 13.2 Å². The van der Waals surface area contributed by atoms with E-state index in [9.17, 15) is 18.3 Å². The van der Waals surface area contributed by atoms with Gasteiger partial charge in [0.2, 0.25) is 0 Å².